The van der Waals surface area contributed by atoms with Crippen molar-refractivity contribution in [1.82, 2.24) is 19.6 Å². The monoisotopic (exact) mass is 237 g/mol. The predicted molar refractivity (Wildman–Crippen MR) is 63.3 cm³/mol. The van der Waals surface area contributed by atoms with Gasteiger partial charge in [0, 0.05) is 19.2 Å². The molecule has 0 amide bonds. The Bertz CT molecular complexity index is 574. The van der Waals surface area contributed by atoms with E-state index in [9.17, 15) is 4.79 Å². The van der Waals surface area contributed by atoms with E-state index in [0.29, 0.717) is 23.8 Å². The number of rotatable bonds is 4. The first-order valence-electron chi connectivity index (χ1n) is 5.48. The van der Waals surface area contributed by atoms with Crippen molar-refractivity contribution in [3.8, 4) is 0 Å². The van der Waals surface area contributed by atoms with Crippen molar-refractivity contribution in [1.29, 1.82) is 0 Å². The van der Waals surface area contributed by atoms with Crippen LogP contribution in [0.1, 0.15) is 12.7 Å². The molecule has 0 saturated carbocycles. The zero-order chi connectivity index (χ0) is 12.4. The first-order chi connectivity index (χ1) is 8.17. The van der Waals surface area contributed by atoms with Gasteiger partial charge >= 0.3 is 5.69 Å². The number of aryl methyl sites for hydroxylation is 1. The lowest BCUT2D eigenvalue weighted by molar-refractivity contribution is 0.302. The topological polar surface area (TPSA) is 86.5 Å². The quantitative estimate of drug-likeness (QED) is 0.751. The van der Waals surface area contributed by atoms with Crippen molar-refractivity contribution in [3.05, 3.63) is 22.4 Å². The summed E-state index contributed by atoms with van der Waals surface area (Å²) in [5.41, 5.74) is 0.246. The van der Waals surface area contributed by atoms with E-state index in [1.54, 1.807) is 13.0 Å². The van der Waals surface area contributed by atoms with Crippen LogP contribution in [0.4, 0.5) is 5.82 Å². The molecule has 0 atom stereocenters. The van der Waals surface area contributed by atoms with Gasteiger partial charge in [-0.15, -0.1) is 0 Å². The lowest BCUT2D eigenvalue weighted by Gasteiger charge is -2.20. The number of hydrogen-bond donors (Lipinski definition) is 2. The van der Waals surface area contributed by atoms with Gasteiger partial charge in [0.1, 0.15) is 11.6 Å². The first-order valence-corrected chi connectivity index (χ1v) is 5.48. The van der Waals surface area contributed by atoms with Gasteiger partial charge in [-0.1, -0.05) is 0 Å². The van der Waals surface area contributed by atoms with E-state index >= 15 is 0 Å². The third-order valence-corrected chi connectivity index (χ3v) is 2.63. The van der Waals surface area contributed by atoms with E-state index in [-0.39, 0.29) is 12.3 Å². The maximum Gasteiger partial charge on any atom is 0.349 e. The highest BCUT2D eigenvalue weighted by Crippen LogP contribution is 2.12. The molecule has 2 aromatic heterocycles. The number of likely N-dealkylation sites (N-methyl/N-ethyl adjacent to an activating group) is 1. The van der Waals surface area contributed by atoms with E-state index in [0.717, 1.165) is 6.54 Å². The molecule has 0 saturated heterocycles. The lowest BCUT2D eigenvalue weighted by atomic mass is 10.4. The largest absolute Gasteiger partial charge is 0.395 e. The SMILES string of the molecule is CCN(CCO)c1cc2n[nH]c(=O)n2c(C)n1. The highest BCUT2D eigenvalue weighted by Gasteiger charge is 2.10. The minimum Gasteiger partial charge on any atom is -0.395 e. The molecular formula is C10H15N5O2. The second kappa shape index (κ2) is 4.54. The second-order valence-corrected chi connectivity index (χ2v) is 3.69. The molecule has 7 nitrogen and oxygen atoms in total. The lowest BCUT2D eigenvalue weighted by Crippen LogP contribution is -2.28. The normalized spacial score (nSPS) is 11.0. The summed E-state index contributed by atoms with van der Waals surface area (Å²) in [4.78, 5) is 17.7. The molecule has 0 unspecified atom stereocenters. The summed E-state index contributed by atoms with van der Waals surface area (Å²) in [6.45, 7) is 5.03. The molecule has 0 aromatic carbocycles. The van der Waals surface area contributed by atoms with Crippen LogP contribution >= 0.6 is 0 Å². The van der Waals surface area contributed by atoms with Crippen LogP contribution in [0.15, 0.2) is 10.9 Å². The molecule has 0 bridgehead atoms. The predicted octanol–water partition coefficient (Wildman–Crippen LogP) is -0.455. The van der Waals surface area contributed by atoms with Crippen LogP contribution in [0.2, 0.25) is 0 Å². The molecule has 0 radical (unpaired) electrons. The molecule has 2 rings (SSSR count). The number of H-pyrrole nitrogens is 1. The van der Waals surface area contributed by atoms with E-state index in [1.165, 1.54) is 4.40 Å². The van der Waals surface area contributed by atoms with Crippen LogP contribution in [0, 0.1) is 6.92 Å². The summed E-state index contributed by atoms with van der Waals surface area (Å²) in [5, 5.41) is 15.3. The Labute approximate surface area is 97.7 Å². The number of hydrogen-bond acceptors (Lipinski definition) is 5. The Morgan fingerprint density at radius 2 is 2.35 bits per heavy atom. The molecule has 17 heavy (non-hydrogen) atoms. The Morgan fingerprint density at radius 3 is 3.00 bits per heavy atom. The Balaban J connectivity index is 2.53. The Morgan fingerprint density at radius 1 is 1.59 bits per heavy atom. The van der Waals surface area contributed by atoms with Crippen molar-refractivity contribution in [2.45, 2.75) is 13.8 Å². The molecule has 7 heteroatoms. The fourth-order valence-corrected chi connectivity index (χ4v) is 1.80. The zero-order valence-corrected chi connectivity index (χ0v) is 9.84. The van der Waals surface area contributed by atoms with E-state index in [1.807, 2.05) is 11.8 Å². The minimum atomic E-state index is -0.290. The number of fused-ring (bicyclic) bond motifs is 1. The fraction of sp³-hybridized carbons (Fsp3) is 0.500. The third-order valence-electron chi connectivity index (χ3n) is 2.63. The standard InChI is InChI=1S/C10H15N5O2/c1-3-14(4-5-16)8-6-9-12-13-10(17)15(9)7(2)11-8/h6,16H,3-5H2,1-2H3,(H,13,17). The maximum atomic E-state index is 11.4. The number of aromatic nitrogens is 4. The fourth-order valence-electron chi connectivity index (χ4n) is 1.80. The molecule has 0 spiro atoms. The molecule has 0 fully saturated rings. The van der Waals surface area contributed by atoms with Crippen LogP contribution in [0.3, 0.4) is 0 Å². The summed E-state index contributed by atoms with van der Waals surface area (Å²) in [7, 11) is 0. The number of anilines is 1. The van der Waals surface area contributed by atoms with Gasteiger partial charge in [-0.25, -0.2) is 19.3 Å². The second-order valence-electron chi connectivity index (χ2n) is 3.69. The van der Waals surface area contributed by atoms with Crippen LogP contribution < -0.4 is 10.6 Å². The van der Waals surface area contributed by atoms with Gasteiger partial charge in [-0.2, -0.15) is 5.10 Å². The zero-order valence-electron chi connectivity index (χ0n) is 9.84. The summed E-state index contributed by atoms with van der Waals surface area (Å²) in [6, 6.07) is 1.73. The van der Waals surface area contributed by atoms with Crippen LogP contribution in [-0.2, 0) is 0 Å². The van der Waals surface area contributed by atoms with Crippen LogP contribution in [0.5, 0.6) is 0 Å². The number of aliphatic hydroxyl groups is 1. The summed E-state index contributed by atoms with van der Waals surface area (Å²) < 4.78 is 1.41. The number of aliphatic hydroxyl groups excluding tert-OH is 1. The van der Waals surface area contributed by atoms with E-state index in [4.69, 9.17) is 5.11 Å². The maximum absolute atomic E-state index is 11.4. The van der Waals surface area contributed by atoms with Crippen molar-refractivity contribution in [2.75, 3.05) is 24.6 Å². The smallest absolute Gasteiger partial charge is 0.349 e. The minimum absolute atomic E-state index is 0.0626. The first kappa shape index (κ1) is 11.6. The number of nitrogens with one attached hydrogen (secondary N) is 1. The van der Waals surface area contributed by atoms with Gasteiger partial charge in [-0.3, -0.25) is 0 Å². The van der Waals surface area contributed by atoms with Gasteiger partial charge in [-0.05, 0) is 13.8 Å². The van der Waals surface area contributed by atoms with Gasteiger partial charge < -0.3 is 10.0 Å². The van der Waals surface area contributed by atoms with Crippen molar-refractivity contribution < 1.29 is 5.11 Å². The van der Waals surface area contributed by atoms with Gasteiger partial charge in [0.15, 0.2) is 5.65 Å². The van der Waals surface area contributed by atoms with Crippen molar-refractivity contribution >= 4 is 11.5 Å². The molecular weight excluding hydrogens is 222 g/mol. The summed E-state index contributed by atoms with van der Waals surface area (Å²) in [5.74, 6) is 1.29. The number of aromatic amines is 1. The average molecular weight is 237 g/mol. The Kier molecular flexibility index (Phi) is 3.10. The molecule has 0 aliphatic heterocycles. The van der Waals surface area contributed by atoms with E-state index < -0.39 is 0 Å². The van der Waals surface area contributed by atoms with Crippen LogP contribution in [0.25, 0.3) is 5.65 Å². The van der Waals surface area contributed by atoms with Gasteiger partial charge in [0.2, 0.25) is 0 Å². The van der Waals surface area contributed by atoms with Crippen molar-refractivity contribution in [2.24, 2.45) is 0 Å². The molecule has 2 N–H and O–H groups in total. The average Bonchev–Trinajstić information content (AvgIpc) is 2.68. The summed E-state index contributed by atoms with van der Waals surface area (Å²) in [6.07, 6.45) is 0. The van der Waals surface area contributed by atoms with Gasteiger partial charge in [0.25, 0.3) is 0 Å². The van der Waals surface area contributed by atoms with Crippen molar-refractivity contribution in [3.63, 3.8) is 0 Å². The molecule has 0 aliphatic carbocycles. The third kappa shape index (κ3) is 2.01. The Hall–Kier alpha value is -1.89. The molecule has 0 aliphatic rings. The van der Waals surface area contributed by atoms with Gasteiger partial charge in [0.05, 0.1) is 6.61 Å². The highest BCUT2D eigenvalue weighted by atomic mass is 16.3. The molecule has 92 valence electrons. The summed E-state index contributed by atoms with van der Waals surface area (Å²) >= 11 is 0. The van der Waals surface area contributed by atoms with E-state index in [2.05, 4.69) is 15.2 Å². The number of nitrogens with zero attached hydrogens (tertiary/aromatic N) is 4. The molecule has 2 heterocycles. The van der Waals surface area contributed by atoms with Crippen LogP contribution in [-0.4, -0.2) is 44.4 Å². The molecule has 2 aromatic rings. The highest BCUT2D eigenvalue weighted by molar-refractivity contribution is 5.51.